The van der Waals surface area contributed by atoms with Gasteiger partial charge in [-0.1, -0.05) is 0 Å². The molecule has 17 heavy (non-hydrogen) atoms. The number of aliphatic carboxylic acids is 1. The monoisotopic (exact) mass is 308 g/mol. The SMILES string of the molecule is C[C@@H](NC(=O)[C@@H](C)NCCCC(=O)Br)C(=O)O. The van der Waals surface area contributed by atoms with Gasteiger partial charge < -0.3 is 15.7 Å². The molecule has 0 saturated carbocycles. The van der Waals surface area contributed by atoms with Crippen LogP contribution in [0.5, 0.6) is 0 Å². The van der Waals surface area contributed by atoms with Gasteiger partial charge in [-0.3, -0.25) is 14.4 Å². The van der Waals surface area contributed by atoms with Crippen molar-refractivity contribution in [1.82, 2.24) is 10.6 Å². The Morgan fingerprint density at radius 1 is 1.24 bits per heavy atom. The van der Waals surface area contributed by atoms with Crippen molar-refractivity contribution in [3.8, 4) is 0 Å². The molecule has 0 aromatic heterocycles. The normalized spacial score (nSPS) is 13.8. The maximum Gasteiger partial charge on any atom is 0.325 e. The third-order valence-electron chi connectivity index (χ3n) is 2.12. The summed E-state index contributed by atoms with van der Waals surface area (Å²) < 4.78 is -0.0732. The van der Waals surface area contributed by atoms with E-state index in [1.54, 1.807) is 6.92 Å². The summed E-state index contributed by atoms with van der Waals surface area (Å²) in [5.74, 6) is -1.44. The van der Waals surface area contributed by atoms with Gasteiger partial charge in [-0.2, -0.15) is 0 Å². The Balaban J connectivity index is 3.82. The highest BCUT2D eigenvalue weighted by Gasteiger charge is 2.18. The Hall–Kier alpha value is -0.950. The molecule has 2 atom stereocenters. The lowest BCUT2D eigenvalue weighted by atomic mass is 10.2. The van der Waals surface area contributed by atoms with Gasteiger partial charge in [0, 0.05) is 6.42 Å². The van der Waals surface area contributed by atoms with Gasteiger partial charge in [0.25, 0.3) is 0 Å². The highest BCUT2D eigenvalue weighted by molar-refractivity contribution is 9.18. The van der Waals surface area contributed by atoms with Crippen molar-refractivity contribution in [2.24, 2.45) is 0 Å². The van der Waals surface area contributed by atoms with Crippen molar-refractivity contribution >= 4 is 32.5 Å². The fourth-order valence-corrected chi connectivity index (χ4v) is 1.32. The summed E-state index contributed by atoms with van der Waals surface area (Å²) in [6.45, 7) is 3.56. The molecule has 98 valence electrons. The Kier molecular flexibility index (Phi) is 7.73. The van der Waals surface area contributed by atoms with Crippen molar-refractivity contribution in [2.75, 3.05) is 6.54 Å². The summed E-state index contributed by atoms with van der Waals surface area (Å²) in [6, 6.07) is -1.39. The van der Waals surface area contributed by atoms with Crippen molar-refractivity contribution in [1.29, 1.82) is 0 Å². The number of carbonyl (C=O) groups is 3. The van der Waals surface area contributed by atoms with Crippen LogP contribution in [0.25, 0.3) is 0 Å². The lowest BCUT2D eigenvalue weighted by Crippen LogP contribution is -2.48. The number of carbonyl (C=O) groups excluding carboxylic acids is 2. The average Bonchev–Trinajstić information content (AvgIpc) is 2.23. The van der Waals surface area contributed by atoms with Gasteiger partial charge in [-0.05, 0) is 42.7 Å². The minimum absolute atomic E-state index is 0.0732. The molecule has 0 saturated heterocycles. The van der Waals surface area contributed by atoms with Crippen LogP contribution >= 0.6 is 15.9 Å². The van der Waals surface area contributed by atoms with Crippen LogP contribution < -0.4 is 10.6 Å². The van der Waals surface area contributed by atoms with E-state index in [0.717, 1.165) is 0 Å². The minimum Gasteiger partial charge on any atom is -0.480 e. The lowest BCUT2D eigenvalue weighted by molar-refractivity contribution is -0.141. The largest absolute Gasteiger partial charge is 0.480 e. The van der Waals surface area contributed by atoms with Crippen molar-refractivity contribution in [3.05, 3.63) is 0 Å². The molecule has 0 heterocycles. The fraction of sp³-hybridized carbons (Fsp3) is 0.700. The van der Waals surface area contributed by atoms with Gasteiger partial charge in [0.2, 0.25) is 5.91 Å². The molecule has 7 heteroatoms. The molecule has 3 N–H and O–H groups in total. The predicted molar refractivity (Wildman–Crippen MR) is 65.9 cm³/mol. The van der Waals surface area contributed by atoms with Gasteiger partial charge in [-0.25, -0.2) is 0 Å². The number of carboxylic acids is 1. The second-order valence-corrected chi connectivity index (χ2v) is 4.59. The van der Waals surface area contributed by atoms with E-state index >= 15 is 0 Å². The van der Waals surface area contributed by atoms with Gasteiger partial charge in [0.15, 0.2) is 4.69 Å². The van der Waals surface area contributed by atoms with Crippen molar-refractivity contribution < 1.29 is 19.5 Å². The second-order valence-electron chi connectivity index (χ2n) is 3.70. The molecule has 0 bridgehead atoms. The second kappa shape index (κ2) is 8.19. The summed E-state index contributed by atoms with van der Waals surface area (Å²) in [6.07, 6.45) is 1.02. The Labute approximate surface area is 108 Å². The number of hydrogen-bond acceptors (Lipinski definition) is 4. The van der Waals surface area contributed by atoms with Crippen LogP contribution in [0, 0.1) is 0 Å². The first-order chi connectivity index (χ1) is 7.84. The van der Waals surface area contributed by atoms with Crippen LogP contribution in [0.1, 0.15) is 26.7 Å². The number of carboxylic acid groups (broad SMARTS) is 1. The topological polar surface area (TPSA) is 95.5 Å². The molecular weight excluding hydrogens is 292 g/mol. The number of rotatable bonds is 8. The van der Waals surface area contributed by atoms with Crippen LogP contribution in [-0.4, -0.2) is 40.3 Å². The molecule has 0 aromatic carbocycles. The zero-order valence-electron chi connectivity index (χ0n) is 9.83. The quantitative estimate of drug-likeness (QED) is 0.441. The zero-order chi connectivity index (χ0) is 13.4. The molecule has 6 nitrogen and oxygen atoms in total. The Morgan fingerprint density at radius 2 is 1.82 bits per heavy atom. The van der Waals surface area contributed by atoms with E-state index < -0.39 is 18.1 Å². The number of amides is 1. The molecule has 0 aliphatic carbocycles. The standard InChI is InChI=1S/C10H17BrN2O4/c1-6(12-5-3-4-8(11)14)9(15)13-7(2)10(16)17/h6-7,12H,3-5H2,1-2H3,(H,13,15)(H,16,17)/t6-,7-/m1/s1. The Morgan fingerprint density at radius 3 is 2.29 bits per heavy atom. The van der Waals surface area contributed by atoms with E-state index in [9.17, 15) is 14.4 Å². The van der Waals surface area contributed by atoms with E-state index in [1.165, 1.54) is 6.92 Å². The molecule has 0 unspecified atom stereocenters. The van der Waals surface area contributed by atoms with E-state index in [0.29, 0.717) is 19.4 Å². The molecule has 0 radical (unpaired) electrons. The summed E-state index contributed by atoms with van der Waals surface area (Å²) in [7, 11) is 0. The highest BCUT2D eigenvalue weighted by Crippen LogP contribution is 1.96. The van der Waals surface area contributed by atoms with Crippen LogP contribution in [0.4, 0.5) is 0 Å². The van der Waals surface area contributed by atoms with Gasteiger partial charge in [0.1, 0.15) is 6.04 Å². The number of hydrogen-bond donors (Lipinski definition) is 3. The average molecular weight is 309 g/mol. The fourth-order valence-electron chi connectivity index (χ4n) is 1.04. The third-order valence-corrected chi connectivity index (χ3v) is 2.52. The smallest absolute Gasteiger partial charge is 0.325 e. The van der Waals surface area contributed by atoms with Gasteiger partial charge in [0.05, 0.1) is 6.04 Å². The lowest BCUT2D eigenvalue weighted by Gasteiger charge is -2.15. The summed E-state index contributed by atoms with van der Waals surface area (Å²) in [4.78, 5) is 32.6. The van der Waals surface area contributed by atoms with Gasteiger partial charge >= 0.3 is 5.97 Å². The van der Waals surface area contributed by atoms with E-state index in [1.807, 2.05) is 0 Å². The predicted octanol–water partition coefficient (Wildman–Crippen LogP) is 0.255. The first-order valence-corrected chi connectivity index (χ1v) is 6.08. The molecule has 0 spiro atoms. The van der Waals surface area contributed by atoms with E-state index in [-0.39, 0.29) is 10.6 Å². The number of halogens is 1. The van der Waals surface area contributed by atoms with E-state index in [2.05, 4.69) is 26.6 Å². The summed E-state index contributed by atoms with van der Waals surface area (Å²) in [5.41, 5.74) is 0. The molecule has 0 aliphatic rings. The number of nitrogens with one attached hydrogen (secondary N) is 2. The Bertz CT molecular complexity index is 296. The maximum absolute atomic E-state index is 11.5. The van der Waals surface area contributed by atoms with Gasteiger partial charge in [-0.15, -0.1) is 0 Å². The first kappa shape index (κ1) is 16.1. The van der Waals surface area contributed by atoms with Crippen LogP contribution in [0.3, 0.4) is 0 Å². The maximum atomic E-state index is 11.5. The molecule has 1 amide bonds. The molecule has 0 aliphatic heterocycles. The minimum atomic E-state index is -1.07. The molecule has 0 fully saturated rings. The van der Waals surface area contributed by atoms with Crippen LogP contribution in [-0.2, 0) is 14.4 Å². The molecule has 0 aromatic rings. The summed E-state index contributed by atoms with van der Waals surface area (Å²) >= 11 is 2.81. The third kappa shape index (κ3) is 7.87. The molecular formula is C10H17BrN2O4. The van der Waals surface area contributed by atoms with Crippen LogP contribution in [0.2, 0.25) is 0 Å². The van der Waals surface area contributed by atoms with Crippen molar-refractivity contribution in [2.45, 2.75) is 38.8 Å². The zero-order valence-corrected chi connectivity index (χ0v) is 11.4. The van der Waals surface area contributed by atoms with Crippen LogP contribution in [0.15, 0.2) is 0 Å². The highest BCUT2D eigenvalue weighted by atomic mass is 79.9. The first-order valence-electron chi connectivity index (χ1n) is 5.29. The van der Waals surface area contributed by atoms with Crippen molar-refractivity contribution in [3.63, 3.8) is 0 Å². The summed E-state index contributed by atoms with van der Waals surface area (Å²) in [5, 5.41) is 13.9. The molecule has 0 rings (SSSR count). The van der Waals surface area contributed by atoms with E-state index in [4.69, 9.17) is 5.11 Å².